The summed E-state index contributed by atoms with van der Waals surface area (Å²) in [5, 5.41) is 2.79. The lowest BCUT2D eigenvalue weighted by Gasteiger charge is -2.16. The third-order valence-electron chi connectivity index (χ3n) is 6.01. The number of anilines is 2. The number of nitrogens with one attached hydrogen (secondary N) is 2. The van der Waals surface area contributed by atoms with Crippen LogP contribution in [0.3, 0.4) is 0 Å². The zero-order chi connectivity index (χ0) is 29.7. The lowest BCUT2D eigenvalue weighted by Crippen LogP contribution is -2.31. The van der Waals surface area contributed by atoms with Gasteiger partial charge in [-0.1, -0.05) is 49.2 Å². The number of esters is 1. The van der Waals surface area contributed by atoms with Gasteiger partial charge in [0.05, 0.1) is 30.5 Å². The minimum atomic E-state index is -5.73. The number of para-hydroxylation sites is 1. The van der Waals surface area contributed by atoms with Crippen molar-refractivity contribution in [3.8, 4) is 0 Å². The van der Waals surface area contributed by atoms with Crippen molar-refractivity contribution in [1.82, 2.24) is 9.55 Å². The summed E-state index contributed by atoms with van der Waals surface area (Å²) in [6, 6.07) is 10.6. The maximum Gasteiger partial charge on any atom is 0.516 e. The number of rotatable bonds is 11. The number of hydrogen-bond acceptors (Lipinski definition) is 6. The Kier molecular flexibility index (Phi) is 9.85. The second-order valence-electron chi connectivity index (χ2n) is 8.91. The van der Waals surface area contributed by atoms with Gasteiger partial charge in [0.25, 0.3) is 5.91 Å². The predicted octanol–water partition coefficient (Wildman–Crippen LogP) is 5.47. The molecule has 0 aliphatic rings. The smallest absolute Gasteiger partial charge is 0.469 e. The van der Waals surface area contributed by atoms with E-state index in [1.807, 2.05) is 11.5 Å². The van der Waals surface area contributed by atoms with Gasteiger partial charge in [-0.2, -0.15) is 21.6 Å². The first-order valence-electron chi connectivity index (χ1n) is 12.2. The van der Waals surface area contributed by atoms with Gasteiger partial charge in [0.15, 0.2) is 5.15 Å². The van der Waals surface area contributed by atoms with Crippen molar-refractivity contribution in [3.05, 3.63) is 75.8 Å². The van der Waals surface area contributed by atoms with Crippen molar-refractivity contribution in [1.29, 1.82) is 0 Å². The van der Waals surface area contributed by atoms with Crippen molar-refractivity contribution in [3.63, 3.8) is 0 Å². The van der Waals surface area contributed by atoms with Gasteiger partial charge < -0.3 is 14.6 Å². The lowest BCUT2D eigenvalue weighted by atomic mass is 10.1. The molecule has 0 spiro atoms. The zero-order valence-electron chi connectivity index (χ0n) is 21.9. The molecule has 3 aromatic rings. The number of aryl methyl sites for hydroxylation is 2. The number of methoxy groups -OCH3 is 1. The molecular weight excluding hydrogens is 573 g/mol. The minimum Gasteiger partial charge on any atom is -0.469 e. The third-order valence-corrected chi connectivity index (χ3v) is 7.39. The fourth-order valence-corrected chi connectivity index (χ4v) is 4.78. The molecule has 0 fully saturated rings. The summed E-state index contributed by atoms with van der Waals surface area (Å²) in [7, 11) is -4.45. The van der Waals surface area contributed by atoms with Crippen molar-refractivity contribution in [2.75, 3.05) is 17.1 Å². The molecule has 2 aromatic carbocycles. The van der Waals surface area contributed by atoms with E-state index in [2.05, 4.69) is 10.3 Å². The van der Waals surface area contributed by atoms with Crippen LogP contribution in [0.2, 0.25) is 5.15 Å². The molecule has 0 bridgehead atoms. The molecule has 1 amide bonds. The van der Waals surface area contributed by atoms with Crippen LogP contribution in [0.4, 0.5) is 24.5 Å². The Morgan fingerprint density at radius 2 is 1.80 bits per heavy atom. The maximum atomic E-state index is 12.9. The minimum absolute atomic E-state index is 0.0560. The van der Waals surface area contributed by atoms with Gasteiger partial charge in [-0.15, -0.1) is 0 Å². The summed E-state index contributed by atoms with van der Waals surface area (Å²) in [6.07, 6.45) is 2.41. The molecule has 40 heavy (non-hydrogen) atoms. The van der Waals surface area contributed by atoms with Crippen molar-refractivity contribution in [2.45, 2.75) is 51.6 Å². The second kappa shape index (κ2) is 12.7. The van der Waals surface area contributed by atoms with Gasteiger partial charge in [-0.05, 0) is 42.7 Å². The quantitative estimate of drug-likeness (QED) is 0.282. The van der Waals surface area contributed by atoms with Crippen LogP contribution >= 0.6 is 11.6 Å². The molecule has 3 rings (SSSR count). The molecule has 14 heteroatoms. The average Bonchev–Trinajstić information content (AvgIpc) is 3.17. The fraction of sp³-hybridized carbons (Fsp3) is 0.346. The van der Waals surface area contributed by atoms with E-state index in [0.29, 0.717) is 24.3 Å². The van der Waals surface area contributed by atoms with Crippen LogP contribution < -0.4 is 10.0 Å². The van der Waals surface area contributed by atoms with Crippen LogP contribution in [0, 0.1) is 6.92 Å². The van der Waals surface area contributed by atoms with Crippen molar-refractivity contribution < 1.29 is 35.9 Å². The number of halogens is 4. The average molecular weight is 601 g/mol. The zero-order valence-corrected chi connectivity index (χ0v) is 23.5. The summed E-state index contributed by atoms with van der Waals surface area (Å²) in [6.45, 7) is 3.76. The van der Waals surface area contributed by atoms with Crippen LogP contribution in [-0.4, -0.2) is 42.5 Å². The highest BCUT2D eigenvalue weighted by molar-refractivity contribution is 7.93. The predicted molar refractivity (Wildman–Crippen MR) is 145 cm³/mol. The number of carbonyl (C=O) groups is 2. The first kappa shape index (κ1) is 31.0. The fourth-order valence-electron chi connectivity index (χ4n) is 3.85. The number of amides is 1. The van der Waals surface area contributed by atoms with Gasteiger partial charge in [0, 0.05) is 18.7 Å². The summed E-state index contributed by atoms with van der Waals surface area (Å²) >= 11 is 6.33. The highest BCUT2D eigenvalue weighted by Crippen LogP contribution is 2.30. The molecule has 0 aliphatic heterocycles. The monoisotopic (exact) mass is 600 g/mol. The molecule has 0 unspecified atom stereocenters. The van der Waals surface area contributed by atoms with Crippen molar-refractivity contribution >= 4 is 44.9 Å². The number of imidazole rings is 1. The Labute approximate surface area is 234 Å². The second-order valence-corrected chi connectivity index (χ2v) is 10.9. The Bertz CT molecular complexity index is 1490. The highest BCUT2D eigenvalue weighted by atomic mass is 35.5. The van der Waals surface area contributed by atoms with Crippen LogP contribution in [-0.2, 0) is 38.9 Å². The topological polar surface area (TPSA) is 119 Å². The SMILES string of the molecule is CCCCc1nc(Cl)c(CC(=O)OC)n1Cc1ccc(NC(=O)c2cccc(C)c2NS(=O)(=O)C(F)(F)F)cc1. The summed E-state index contributed by atoms with van der Waals surface area (Å²) in [5.74, 6) is -0.549. The third kappa shape index (κ3) is 7.33. The van der Waals surface area contributed by atoms with Gasteiger partial charge in [-0.25, -0.2) is 4.98 Å². The van der Waals surface area contributed by atoms with Crippen LogP contribution in [0.25, 0.3) is 0 Å². The molecule has 1 heterocycles. The van der Waals surface area contributed by atoms with Gasteiger partial charge in [0.1, 0.15) is 5.82 Å². The Hall–Kier alpha value is -3.58. The molecule has 1 aromatic heterocycles. The first-order chi connectivity index (χ1) is 18.8. The van der Waals surface area contributed by atoms with E-state index in [1.54, 1.807) is 24.3 Å². The summed E-state index contributed by atoms with van der Waals surface area (Å²) in [5.41, 5.74) is -4.52. The van der Waals surface area contributed by atoms with E-state index in [4.69, 9.17) is 16.3 Å². The van der Waals surface area contributed by atoms with E-state index >= 15 is 0 Å². The number of nitrogens with zero attached hydrogens (tertiary/aromatic N) is 2. The molecule has 0 saturated heterocycles. The van der Waals surface area contributed by atoms with Gasteiger partial charge >= 0.3 is 21.5 Å². The molecule has 2 N–H and O–H groups in total. The Balaban J connectivity index is 1.83. The van der Waals surface area contributed by atoms with E-state index in [9.17, 15) is 31.2 Å². The number of alkyl halides is 3. The lowest BCUT2D eigenvalue weighted by molar-refractivity contribution is -0.139. The van der Waals surface area contributed by atoms with E-state index in [-0.39, 0.29) is 22.7 Å². The van der Waals surface area contributed by atoms with Crippen LogP contribution in [0.1, 0.15) is 52.8 Å². The normalized spacial score (nSPS) is 11.8. The summed E-state index contributed by atoms with van der Waals surface area (Å²) < 4.78 is 70.2. The molecule has 0 radical (unpaired) electrons. The molecule has 0 saturated carbocycles. The molecular formula is C26H28ClF3N4O5S. The van der Waals surface area contributed by atoms with Crippen LogP contribution in [0.5, 0.6) is 0 Å². The van der Waals surface area contributed by atoms with E-state index < -0.39 is 33.1 Å². The van der Waals surface area contributed by atoms with E-state index in [1.165, 1.54) is 37.0 Å². The first-order valence-corrected chi connectivity index (χ1v) is 14.0. The highest BCUT2D eigenvalue weighted by Gasteiger charge is 2.46. The largest absolute Gasteiger partial charge is 0.516 e. The number of ether oxygens (including phenoxy) is 1. The standard InChI is InChI=1S/C26H28ClF3N4O5S/c1-4-5-9-21-32-24(27)20(14-22(35)39-3)34(21)15-17-10-12-18(13-11-17)31-25(36)19-8-6-7-16(2)23(19)33-40(37,38)26(28,29)30/h6-8,10-13,33H,4-5,9,14-15H2,1-3H3,(H,31,36). The molecule has 9 nitrogen and oxygen atoms in total. The number of benzene rings is 2. The van der Waals surface area contributed by atoms with Gasteiger partial charge in [-0.3, -0.25) is 14.3 Å². The van der Waals surface area contributed by atoms with Gasteiger partial charge in [0.2, 0.25) is 0 Å². The number of carbonyl (C=O) groups excluding carboxylic acids is 2. The number of sulfonamides is 1. The summed E-state index contributed by atoms with van der Waals surface area (Å²) in [4.78, 5) is 29.3. The van der Waals surface area contributed by atoms with Crippen molar-refractivity contribution in [2.24, 2.45) is 0 Å². The molecule has 0 atom stereocenters. The Morgan fingerprint density at radius 1 is 1.12 bits per heavy atom. The number of aromatic nitrogens is 2. The number of unbranched alkanes of at least 4 members (excludes halogenated alkanes) is 1. The molecule has 0 aliphatic carbocycles. The van der Waals surface area contributed by atoms with Crippen LogP contribution in [0.15, 0.2) is 42.5 Å². The number of hydrogen-bond donors (Lipinski definition) is 2. The maximum absolute atomic E-state index is 12.9. The Morgan fingerprint density at radius 3 is 2.40 bits per heavy atom. The molecule has 216 valence electrons. The van der Waals surface area contributed by atoms with E-state index in [0.717, 1.165) is 24.2 Å².